The number of aryl methyl sites for hydroxylation is 2. The molecule has 2 aromatic heterocycles. The maximum Gasteiger partial charge on any atom is 0.139 e. The normalized spacial score (nSPS) is 11.0. The number of nitrogen functional groups attached to an aromatic ring is 1. The first kappa shape index (κ1) is 10.8. The van der Waals surface area contributed by atoms with Gasteiger partial charge < -0.3 is 5.73 Å². The van der Waals surface area contributed by atoms with E-state index in [0.717, 1.165) is 16.9 Å². The molecule has 0 radical (unpaired) electrons. The van der Waals surface area contributed by atoms with Crippen LogP contribution < -0.4 is 5.73 Å². The van der Waals surface area contributed by atoms with Crippen molar-refractivity contribution in [2.45, 2.75) is 13.8 Å². The molecule has 0 amide bonds. The number of hydrogen-bond acceptors (Lipinski definition) is 2. The first-order valence-electron chi connectivity index (χ1n) is 5.96. The second-order valence-electron chi connectivity index (χ2n) is 4.65. The summed E-state index contributed by atoms with van der Waals surface area (Å²) in [5, 5.41) is 0. The highest BCUT2D eigenvalue weighted by Crippen LogP contribution is 2.27. The van der Waals surface area contributed by atoms with E-state index in [1.165, 1.54) is 11.1 Å². The van der Waals surface area contributed by atoms with Crippen LogP contribution in [0.25, 0.3) is 16.9 Å². The average molecular weight is 237 g/mol. The Kier molecular flexibility index (Phi) is 2.33. The van der Waals surface area contributed by atoms with Gasteiger partial charge in [-0.3, -0.25) is 4.40 Å². The molecule has 0 aliphatic carbocycles. The Balaban J connectivity index is 2.27. The zero-order valence-corrected chi connectivity index (χ0v) is 10.5. The van der Waals surface area contributed by atoms with Crippen molar-refractivity contribution in [3.05, 3.63) is 53.7 Å². The number of nitrogens with two attached hydrogens (primary N) is 1. The third-order valence-electron chi connectivity index (χ3n) is 3.11. The largest absolute Gasteiger partial charge is 0.383 e. The van der Waals surface area contributed by atoms with Gasteiger partial charge in [-0.1, -0.05) is 23.8 Å². The Hall–Kier alpha value is -2.29. The average Bonchev–Trinajstić information content (AvgIpc) is 2.66. The molecule has 0 saturated carbocycles. The van der Waals surface area contributed by atoms with E-state index in [1.54, 1.807) is 0 Å². The van der Waals surface area contributed by atoms with Crippen LogP contribution in [0.2, 0.25) is 0 Å². The summed E-state index contributed by atoms with van der Waals surface area (Å²) in [4.78, 5) is 4.62. The van der Waals surface area contributed by atoms with Crippen molar-refractivity contribution in [2.75, 3.05) is 5.73 Å². The Morgan fingerprint density at radius 3 is 2.61 bits per heavy atom. The van der Waals surface area contributed by atoms with E-state index >= 15 is 0 Å². The van der Waals surface area contributed by atoms with Crippen molar-refractivity contribution in [1.29, 1.82) is 0 Å². The van der Waals surface area contributed by atoms with Gasteiger partial charge in [-0.2, -0.15) is 0 Å². The van der Waals surface area contributed by atoms with Gasteiger partial charge in [-0.05, 0) is 37.6 Å². The van der Waals surface area contributed by atoms with E-state index in [1.807, 2.05) is 34.9 Å². The summed E-state index contributed by atoms with van der Waals surface area (Å²) in [5.74, 6) is 0.690. The van der Waals surface area contributed by atoms with Gasteiger partial charge in [-0.15, -0.1) is 0 Å². The minimum absolute atomic E-state index is 0.690. The van der Waals surface area contributed by atoms with Gasteiger partial charge in [0, 0.05) is 11.8 Å². The molecule has 2 heterocycles. The number of nitrogens with zero attached hydrogens (tertiary/aromatic N) is 2. The maximum absolute atomic E-state index is 6.17. The van der Waals surface area contributed by atoms with Gasteiger partial charge in [-0.25, -0.2) is 4.98 Å². The predicted octanol–water partition coefficient (Wildman–Crippen LogP) is 3.20. The first-order valence-corrected chi connectivity index (χ1v) is 5.96. The van der Waals surface area contributed by atoms with Crippen LogP contribution >= 0.6 is 0 Å². The molecule has 3 nitrogen and oxygen atoms in total. The molecule has 0 spiro atoms. The second-order valence-corrected chi connectivity index (χ2v) is 4.65. The van der Waals surface area contributed by atoms with E-state index < -0.39 is 0 Å². The molecule has 3 aromatic rings. The van der Waals surface area contributed by atoms with Gasteiger partial charge >= 0.3 is 0 Å². The Morgan fingerprint density at radius 1 is 1.06 bits per heavy atom. The van der Waals surface area contributed by atoms with Gasteiger partial charge in [0.1, 0.15) is 17.2 Å². The number of fused-ring (bicyclic) bond motifs is 1. The first-order chi connectivity index (χ1) is 8.65. The van der Waals surface area contributed by atoms with Crippen LogP contribution in [0.1, 0.15) is 11.1 Å². The van der Waals surface area contributed by atoms with Gasteiger partial charge in [0.15, 0.2) is 0 Å². The third-order valence-corrected chi connectivity index (χ3v) is 3.11. The SMILES string of the molecule is Cc1cccc(-c2nc3cc(C)ccn3c2N)c1. The van der Waals surface area contributed by atoms with Crippen LogP contribution in [0.5, 0.6) is 0 Å². The highest BCUT2D eigenvalue weighted by molar-refractivity contribution is 5.75. The lowest BCUT2D eigenvalue weighted by atomic mass is 10.1. The molecule has 0 bridgehead atoms. The molecule has 90 valence electrons. The highest BCUT2D eigenvalue weighted by Gasteiger charge is 2.10. The Labute approximate surface area is 106 Å². The minimum atomic E-state index is 0.690. The van der Waals surface area contributed by atoms with E-state index in [0.29, 0.717) is 5.82 Å². The second kappa shape index (κ2) is 3.88. The molecule has 0 aliphatic rings. The maximum atomic E-state index is 6.17. The zero-order valence-electron chi connectivity index (χ0n) is 10.5. The fourth-order valence-electron chi connectivity index (χ4n) is 2.17. The topological polar surface area (TPSA) is 43.3 Å². The predicted molar refractivity (Wildman–Crippen MR) is 74.5 cm³/mol. The fraction of sp³-hybridized carbons (Fsp3) is 0.133. The molecule has 3 heteroatoms. The van der Waals surface area contributed by atoms with Crippen LogP contribution in [-0.4, -0.2) is 9.38 Å². The van der Waals surface area contributed by atoms with Crippen LogP contribution in [0, 0.1) is 13.8 Å². The van der Waals surface area contributed by atoms with E-state index in [-0.39, 0.29) is 0 Å². The molecule has 0 aliphatic heterocycles. The number of hydrogen-bond donors (Lipinski definition) is 1. The number of benzene rings is 1. The van der Waals surface area contributed by atoms with Crippen molar-refractivity contribution in [1.82, 2.24) is 9.38 Å². The van der Waals surface area contributed by atoms with E-state index in [9.17, 15) is 0 Å². The van der Waals surface area contributed by atoms with Gasteiger partial charge in [0.2, 0.25) is 0 Å². The third kappa shape index (κ3) is 1.64. The molecule has 0 saturated heterocycles. The van der Waals surface area contributed by atoms with Crippen molar-refractivity contribution < 1.29 is 0 Å². The van der Waals surface area contributed by atoms with E-state index in [4.69, 9.17) is 5.73 Å². The quantitative estimate of drug-likeness (QED) is 0.706. The summed E-state index contributed by atoms with van der Waals surface area (Å²) < 4.78 is 1.92. The summed E-state index contributed by atoms with van der Waals surface area (Å²) in [6.07, 6.45) is 1.96. The molecule has 0 unspecified atom stereocenters. The molecule has 0 fully saturated rings. The monoisotopic (exact) mass is 237 g/mol. The molecule has 18 heavy (non-hydrogen) atoms. The molecule has 3 rings (SSSR count). The molecule has 0 atom stereocenters. The fourth-order valence-corrected chi connectivity index (χ4v) is 2.17. The number of pyridine rings is 1. The number of rotatable bonds is 1. The smallest absolute Gasteiger partial charge is 0.139 e. The van der Waals surface area contributed by atoms with Crippen molar-refractivity contribution in [2.24, 2.45) is 0 Å². The Bertz CT molecular complexity index is 726. The zero-order chi connectivity index (χ0) is 12.7. The number of aromatic nitrogens is 2. The summed E-state index contributed by atoms with van der Waals surface area (Å²) >= 11 is 0. The van der Waals surface area contributed by atoms with Crippen molar-refractivity contribution in [3.63, 3.8) is 0 Å². The lowest BCUT2D eigenvalue weighted by molar-refractivity contribution is 1.18. The Morgan fingerprint density at radius 2 is 1.83 bits per heavy atom. The van der Waals surface area contributed by atoms with Crippen LogP contribution in [-0.2, 0) is 0 Å². The van der Waals surface area contributed by atoms with Crippen molar-refractivity contribution >= 4 is 11.5 Å². The summed E-state index contributed by atoms with van der Waals surface area (Å²) in [6, 6.07) is 12.3. The summed E-state index contributed by atoms with van der Waals surface area (Å²) in [5.41, 5.74) is 11.4. The highest BCUT2D eigenvalue weighted by atomic mass is 15.1. The van der Waals surface area contributed by atoms with Gasteiger partial charge in [0.25, 0.3) is 0 Å². The molecular formula is C15H15N3. The summed E-state index contributed by atoms with van der Waals surface area (Å²) in [6.45, 7) is 4.12. The lowest BCUT2D eigenvalue weighted by Gasteiger charge is -2.00. The van der Waals surface area contributed by atoms with Crippen LogP contribution in [0.15, 0.2) is 42.6 Å². The number of imidazole rings is 1. The number of anilines is 1. The summed E-state index contributed by atoms with van der Waals surface area (Å²) in [7, 11) is 0. The van der Waals surface area contributed by atoms with Crippen LogP contribution in [0.4, 0.5) is 5.82 Å². The molecular weight excluding hydrogens is 222 g/mol. The van der Waals surface area contributed by atoms with E-state index in [2.05, 4.69) is 31.0 Å². The lowest BCUT2D eigenvalue weighted by Crippen LogP contribution is -1.94. The van der Waals surface area contributed by atoms with Crippen molar-refractivity contribution in [3.8, 4) is 11.3 Å². The molecule has 1 aromatic carbocycles. The van der Waals surface area contributed by atoms with Gasteiger partial charge in [0.05, 0.1) is 0 Å². The minimum Gasteiger partial charge on any atom is -0.383 e. The molecule has 2 N–H and O–H groups in total. The van der Waals surface area contributed by atoms with Crippen LogP contribution in [0.3, 0.4) is 0 Å². The standard InChI is InChI=1S/C15H15N3/c1-10-4-3-5-12(8-10)14-15(16)18-7-6-11(2)9-13(18)17-14/h3-9H,16H2,1-2H3.